The van der Waals surface area contributed by atoms with Crippen molar-refractivity contribution in [3.8, 4) is 0 Å². The molecule has 1 fully saturated rings. The van der Waals surface area contributed by atoms with Crippen LogP contribution in [0.15, 0.2) is 0 Å². The number of nitrogens with two attached hydrogens (primary N) is 1. The number of rotatable bonds is 4. The molecule has 0 aromatic heterocycles. The lowest BCUT2D eigenvalue weighted by Crippen LogP contribution is -2.43. The quantitative estimate of drug-likeness (QED) is 0.666. The normalized spacial score (nSPS) is 23.4. The minimum atomic E-state index is -0.119. The standard InChI is InChI=1S/C10H20N2O2/c1-14-10(13)5-3-7-12-6-2-4-9(11)8-12/h9H,2-8,11H2,1H3. The largest absolute Gasteiger partial charge is 0.469 e. The minimum absolute atomic E-state index is 0.119. The number of methoxy groups -OCH3 is 1. The van der Waals surface area contributed by atoms with Gasteiger partial charge in [-0.05, 0) is 32.4 Å². The van der Waals surface area contributed by atoms with Crippen LogP contribution in [0.25, 0.3) is 0 Å². The highest BCUT2D eigenvalue weighted by molar-refractivity contribution is 5.69. The molecule has 0 radical (unpaired) electrons. The Morgan fingerprint density at radius 1 is 1.64 bits per heavy atom. The molecule has 0 aliphatic carbocycles. The van der Waals surface area contributed by atoms with Gasteiger partial charge in [0, 0.05) is 19.0 Å². The van der Waals surface area contributed by atoms with Crippen molar-refractivity contribution >= 4 is 5.97 Å². The van der Waals surface area contributed by atoms with Crippen molar-refractivity contribution in [1.29, 1.82) is 0 Å². The Morgan fingerprint density at radius 2 is 2.43 bits per heavy atom. The number of nitrogens with zero attached hydrogens (tertiary/aromatic N) is 1. The molecule has 82 valence electrons. The molecule has 1 aliphatic heterocycles. The van der Waals surface area contributed by atoms with Crippen LogP contribution in [0, 0.1) is 0 Å². The first-order valence-electron chi connectivity index (χ1n) is 5.27. The number of hydrogen-bond acceptors (Lipinski definition) is 4. The van der Waals surface area contributed by atoms with Crippen LogP contribution < -0.4 is 5.73 Å². The van der Waals surface area contributed by atoms with E-state index >= 15 is 0 Å². The van der Waals surface area contributed by atoms with E-state index in [2.05, 4.69) is 9.64 Å². The summed E-state index contributed by atoms with van der Waals surface area (Å²) in [6, 6.07) is 0.321. The summed E-state index contributed by atoms with van der Waals surface area (Å²) in [5.74, 6) is -0.119. The Bertz CT molecular complexity index is 185. The van der Waals surface area contributed by atoms with Crippen LogP contribution in [0.1, 0.15) is 25.7 Å². The van der Waals surface area contributed by atoms with Gasteiger partial charge in [-0.25, -0.2) is 0 Å². The number of carbonyl (C=O) groups excluding carboxylic acids is 1. The Balaban J connectivity index is 2.08. The summed E-state index contributed by atoms with van der Waals surface area (Å²) in [6.07, 6.45) is 3.70. The van der Waals surface area contributed by atoms with E-state index < -0.39 is 0 Å². The van der Waals surface area contributed by atoms with Crippen molar-refractivity contribution in [3.05, 3.63) is 0 Å². The Labute approximate surface area is 85.4 Å². The summed E-state index contributed by atoms with van der Waals surface area (Å²) in [5, 5.41) is 0. The number of ether oxygens (including phenoxy) is 1. The maximum absolute atomic E-state index is 10.9. The molecule has 4 nitrogen and oxygen atoms in total. The van der Waals surface area contributed by atoms with Gasteiger partial charge in [0.2, 0.25) is 0 Å². The predicted molar refractivity (Wildman–Crippen MR) is 54.9 cm³/mol. The molecule has 1 heterocycles. The highest BCUT2D eigenvalue weighted by Gasteiger charge is 2.16. The van der Waals surface area contributed by atoms with Gasteiger partial charge in [0.05, 0.1) is 7.11 Å². The molecular formula is C10H20N2O2. The first-order valence-corrected chi connectivity index (χ1v) is 5.27. The monoisotopic (exact) mass is 200 g/mol. The summed E-state index contributed by atoms with van der Waals surface area (Å²) in [4.78, 5) is 13.2. The molecule has 0 aromatic rings. The highest BCUT2D eigenvalue weighted by atomic mass is 16.5. The van der Waals surface area contributed by atoms with E-state index in [9.17, 15) is 4.79 Å². The van der Waals surface area contributed by atoms with Gasteiger partial charge < -0.3 is 15.4 Å². The summed E-state index contributed by atoms with van der Waals surface area (Å²) in [7, 11) is 1.43. The number of esters is 1. The van der Waals surface area contributed by atoms with Gasteiger partial charge in [0.1, 0.15) is 0 Å². The van der Waals surface area contributed by atoms with Gasteiger partial charge >= 0.3 is 5.97 Å². The third-order valence-corrected chi connectivity index (χ3v) is 2.62. The van der Waals surface area contributed by atoms with Crippen molar-refractivity contribution in [2.24, 2.45) is 5.73 Å². The van der Waals surface area contributed by atoms with Crippen LogP contribution in [0.4, 0.5) is 0 Å². The first kappa shape index (κ1) is 11.5. The number of piperidine rings is 1. The molecule has 1 saturated heterocycles. The molecule has 0 spiro atoms. The molecule has 2 N–H and O–H groups in total. The van der Waals surface area contributed by atoms with E-state index in [1.807, 2.05) is 0 Å². The third-order valence-electron chi connectivity index (χ3n) is 2.62. The number of likely N-dealkylation sites (tertiary alicyclic amines) is 1. The van der Waals surface area contributed by atoms with Gasteiger partial charge in [-0.3, -0.25) is 4.79 Å². The summed E-state index contributed by atoms with van der Waals surface area (Å²) in [6.45, 7) is 3.05. The van der Waals surface area contributed by atoms with Crippen LogP contribution in [-0.4, -0.2) is 43.7 Å². The maximum Gasteiger partial charge on any atom is 0.305 e. The maximum atomic E-state index is 10.9. The Kier molecular flexibility index (Phi) is 4.90. The van der Waals surface area contributed by atoms with E-state index in [4.69, 9.17) is 5.73 Å². The molecule has 0 bridgehead atoms. The minimum Gasteiger partial charge on any atom is -0.469 e. The predicted octanol–water partition coefficient (Wildman–Crippen LogP) is 0.363. The van der Waals surface area contributed by atoms with Gasteiger partial charge in [0.15, 0.2) is 0 Å². The zero-order valence-corrected chi connectivity index (χ0v) is 8.87. The van der Waals surface area contributed by atoms with E-state index in [1.165, 1.54) is 13.5 Å². The number of hydrogen-bond donors (Lipinski definition) is 1. The van der Waals surface area contributed by atoms with Crippen LogP contribution in [-0.2, 0) is 9.53 Å². The summed E-state index contributed by atoms with van der Waals surface area (Å²) >= 11 is 0. The van der Waals surface area contributed by atoms with E-state index in [0.717, 1.165) is 32.5 Å². The second-order valence-electron chi connectivity index (χ2n) is 3.88. The van der Waals surface area contributed by atoms with Gasteiger partial charge in [-0.15, -0.1) is 0 Å². The summed E-state index contributed by atoms with van der Waals surface area (Å²) in [5.41, 5.74) is 5.85. The highest BCUT2D eigenvalue weighted by Crippen LogP contribution is 2.08. The van der Waals surface area contributed by atoms with Crippen LogP contribution >= 0.6 is 0 Å². The lowest BCUT2D eigenvalue weighted by molar-refractivity contribution is -0.140. The van der Waals surface area contributed by atoms with E-state index in [-0.39, 0.29) is 5.97 Å². The topological polar surface area (TPSA) is 55.6 Å². The fourth-order valence-corrected chi connectivity index (χ4v) is 1.84. The SMILES string of the molecule is COC(=O)CCCN1CCCC(N)C1. The second kappa shape index (κ2) is 5.98. The lowest BCUT2D eigenvalue weighted by atomic mass is 10.1. The second-order valence-corrected chi connectivity index (χ2v) is 3.88. The van der Waals surface area contributed by atoms with E-state index in [1.54, 1.807) is 0 Å². The van der Waals surface area contributed by atoms with Crippen LogP contribution in [0.2, 0.25) is 0 Å². The van der Waals surface area contributed by atoms with Crippen molar-refractivity contribution < 1.29 is 9.53 Å². The zero-order chi connectivity index (χ0) is 10.4. The molecule has 1 rings (SSSR count). The van der Waals surface area contributed by atoms with Crippen molar-refractivity contribution in [2.75, 3.05) is 26.7 Å². The Hall–Kier alpha value is -0.610. The lowest BCUT2D eigenvalue weighted by Gasteiger charge is -2.30. The molecule has 1 atom stereocenters. The first-order chi connectivity index (χ1) is 6.72. The average molecular weight is 200 g/mol. The third kappa shape index (κ3) is 4.07. The van der Waals surface area contributed by atoms with Crippen LogP contribution in [0.3, 0.4) is 0 Å². The van der Waals surface area contributed by atoms with Gasteiger partial charge in [0.25, 0.3) is 0 Å². The van der Waals surface area contributed by atoms with Crippen molar-refractivity contribution in [3.63, 3.8) is 0 Å². The molecule has 1 unspecified atom stereocenters. The molecule has 4 heteroatoms. The molecule has 0 saturated carbocycles. The van der Waals surface area contributed by atoms with Gasteiger partial charge in [-0.1, -0.05) is 0 Å². The van der Waals surface area contributed by atoms with Crippen molar-refractivity contribution in [2.45, 2.75) is 31.7 Å². The molecule has 0 amide bonds. The van der Waals surface area contributed by atoms with Gasteiger partial charge in [-0.2, -0.15) is 0 Å². The zero-order valence-electron chi connectivity index (χ0n) is 8.87. The smallest absolute Gasteiger partial charge is 0.305 e. The molecule has 1 aliphatic rings. The molecule has 14 heavy (non-hydrogen) atoms. The molecular weight excluding hydrogens is 180 g/mol. The number of carbonyl (C=O) groups is 1. The molecule has 0 aromatic carbocycles. The Morgan fingerprint density at radius 3 is 3.07 bits per heavy atom. The average Bonchev–Trinajstić information content (AvgIpc) is 2.17. The fraction of sp³-hybridized carbons (Fsp3) is 0.900. The summed E-state index contributed by atoms with van der Waals surface area (Å²) < 4.78 is 4.58. The van der Waals surface area contributed by atoms with Crippen molar-refractivity contribution in [1.82, 2.24) is 4.90 Å². The van der Waals surface area contributed by atoms with E-state index in [0.29, 0.717) is 12.5 Å². The van der Waals surface area contributed by atoms with Crippen LogP contribution in [0.5, 0.6) is 0 Å². The fourth-order valence-electron chi connectivity index (χ4n) is 1.84.